The number of hydrogen-bond donors (Lipinski definition) is 1. The van der Waals surface area contributed by atoms with Gasteiger partial charge in [0.15, 0.2) is 0 Å². The first-order valence-electron chi connectivity index (χ1n) is 6.89. The Hall–Kier alpha value is -1.47. The molecule has 2 aliphatic heterocycles. The monoisotopic (exact) mass is 282 g/mol. The summed E-state index contributed by atoms with van der Waals surface area (Å²) in [5.74, 6) is -1.88. The van der Waals surface area contributed by atoms with E-state index in [2.05, 4.69) is 0 Å². The molecule has 1 N–H and O–H groups in total. The highest BCUT2D eigenvalue weighted by atomic mass is 16.5. The summed E-state index contributed by atoms with van der Waals surface area (Å²) in [5, 5.41) is 9.17. The molecule has 0 spiro atoms. The van der Waals surface area contributed by atoms with Gasteiger partial charge in [0, 0.05) is 12.1 Å². The minimum absolute atomic E-state index is 0.0727. The fourth-order valence-corrected chi connectivity index (χ4v) is 3.08. The maximum absolute atomic E-state index is 12.3. The molecule has 7 nitrogen and oxygen atoms in total. The lowest BCUT2D eigenvalue weighted by atomic mass is 10.0. The molecular formula is C13H18N2O5. The molecule has 20 heavy (non-hydrogen) atoms. The predicted molar refractivity (Wildman–Crippen MR) is 66.8 cm³/mol. The van der Waals surface area contributed by atoms with Gasteiger partial charge in [-0.05, 0) is 19.9 Å². The van der Waals surface area contributed by atoms with Gasteiger partial charge in [0.2, 0.25) is 11.8 Å². The van der Waals surface area contributed by atoms with Crippen LogP contribution in [-0.4, -0.2) is 71.1 Å². The van der Waals surface area contributed by atoms with Crippen LogP contribution in [0.4, 0.5) is 0 Å². The SMILES string of the molecule is CN(C1CC(=O)N(C2CC2)C1=O)C1COCC1C(=O)O. The highest BCUT2D eigenvalue weighted by Crippen LogP contribution is 2.34. The highest BCUT2D eigenvalue weighted by molar-refractivity contribution is 6.06. The second kappa shape index (κ2) is 4.82. The van der Waals surface area contributed by atoms with Crippen molar-refractivity contribution in [2.75, 3.05) is 20.3 Å². The van der Waals surface area contributed by atoms with E-state index in [1.165, 1.54) is 4.90 Å². The van der Waals surface area contributed by atoms with Crippen LogP contribution in [0, 0.1) is 5.92 Å². The van der Waals surface area contributed by atoms with E-state index in [4.69, 9.17) is 4.74 Å². The van der Waals surface area contributed by atoms with E-state index in [-0.39, 0.29) is 43.5 Å². The third kappa shape index (κ3) is 2.10. The Morgan fingerprint density at radius 2 is 2.05 bits per heavy atom. The highest BCUT2D eigenvalue weighted by Gasteiger charge is 2.50. The Kier molecular flexibility index (Phi) is 3.25. The van der Waals surface area contributed by atoms with Crippen LogP contribution in [0.1, 0.15) is 19.3 Å². The summed E-state index contributed by atoms with van der Waals surface area (Å²) in [7, 11) is 1.71. The fourth-order valence-electron chi connectivity index (χ4n) is 3.08. The summed E-state index contributed by atoms with van der Waals surface area (Å²) in [5.41, 5.74) is 0. The first kappa shape index (κ1) is 13.5. The van der Waals surface area contributed by atoms with E-state index in [0.717, 1.165) is 12.8 Å². The number of aliphatic carboxylic acids is 1. The van der Waals surface area contributed by atoms with Crippen molar-refractivity contribution >= 4 is 17.8 Å². The molecule has 3 fully saturated rings. The normalized spacial score (nSPS) is 34.3. The van der Waals surface area contributed by atoms with Gasteiger partial charge < -0.3 is 9.84 Å². The fraction of sp³-hybridized carbons (Fsp3) is 0.769. The zero-order valence-corrected chi connectivity index (χ0v) is 11.3. The zero-order chi connectivity index (χ0) is 14.4. The maximum atomic E-state index is 12.3. The number of nitrogens with zero attached hydrogens (tertiary/aromatic N) is 2. The maximum Gasteiger partial charge on any atom is 0.310 e. The number of likely N-dealkylation sites (N-methyl/N-ethyl adjacent to an activating group) is 1. The van der Waals surface area contributed by atoms with Gasteiger partial charge >= 0.3 is 5.97 Å². The Labute approximate surface area is 116 Å². The molecule has 3 unspecified atom stereocenters. The Balaban J connectivity index is 1.74. The molecule has 1 aliphatic carbocycles. The minimum atomic E-state index is -0.921. The number of rotatable bonds is 4. The molecule has 0 radical (unpaired) electrons. The molecule has 2 amide bonds. The number of likely N-dealkylation sites (tertiary alicyclic amines) is 1. The quantitative estimate of drug-likeness (QED) is 0.687. The molecule has 2 heterocycles. The first-order valence-corrected chi connectivity index (χ1v) is 6.89. The largest absolute Gasteiger partial charge is 0.481 e. The van der Waals surface area contributed by atoms with Crippen molar-refractivity contribution < 1.29 is 24.2 Å². The van der Waals surface area contributed by atoms with Gasteiger partial charge in [-0.25, -0.2) is 0 Å². The van der Waals surface area contributed by atoms with Crippen molar-refractivity contribution in [3.05, 3.63) is 0 Å². The second-order valence-corrected chi connectivity index (χ2v) is 5.77. The number of ether oxygens (including phenoxy) is 1. The molecule has 0 bridgehead atoms. The van der Waals surface area contributed by atoms with E-state index in [1.807, 2.05) is 0 Å². The van der Waals surface area contributed by atoms with Crippen molar-refractivity contribution in [2.24, 2.45) is 5.92 Å². The number of amides is 2. The van der Waals surface area contributed by atoms with E-state index >= 15 is 0 Å². The predicted octanol–water partition coefficient (Wildman–Crippen LogP) is -0.692. The van der Waals surface area contributed by atoms with Crippen LogP contribution in [0.25, 0.3) is 0 Å². The molecule has 7 heteroatoms. The lowest BCUT2D eigenvalue weighted by molar-refractivity contribution is -0.145. The van der Waals surface area contributed by atoms with E-state index in [1.54, 1.807) is 11.9 Å². The molecule has 110 valence electrons. The Morgan fingerprint density at radius 1 is 1.35 bits per heavy atom. The van der Waals surface area contributed by atoms with Crippen molar-refractivity contribution in [3.63, 3.8) is 0 Å². The topological polar surface area (TPSA) is 87.2 Å². The summed E-state index contributed by atoms with van der Waals surface area (Å²) >= 11 is 0. The van der Waals surface area contributed by atoms with Gasteiger partial charge in [-0.2, -0.15) is 0 Å². The van der Waals surface area contributed by atoms with Crippen LogP contribution in [0.3, 0.4) is 0 Å². The molecule has 3 rings (SSSR count). The Bertz CT molecular complexity index is 462. The average Bonchev–Trinajstić information content (AvgIpc) is 3.01. The number of carbonyl (C=O) groups excluding carboxylic acids is 2. The molecule has 1 saturated carbocycles. The number of imide groups is 1. The molecule has 0 aromatic rings. The summed E-state index contributed by atoms with van der Waals surface area (Å²) in [6.07, 6.45) is 1.92. The van der Waals surface area contributed by atoms with Crippen LogP contribution >= 0.6 is 0 Å². The second-order valence-electron chi connectivity index (χ2n) is 5.77. The average molecular weight is 282 g/mol. The van der Waals surface area contributed by atoms with Gasteiger partial charge in [0.05, 0.1) is 31.6 Å². The van der Waals surface area contributed by atoms with E-state index < -0.39 is 17.9 Å². The van der Waals surface area contributed by atoms with Gasteiger partial charge in [-0.1, -0.05) is 0 Å². The molecule has 2 saturated heterocycles. The van der Waals surface area contributed by atoms with Gasteiger partial charge in [0.25, 0.3) is 0 Å². The molecule has 3 atom stereocenters. The van der Waals surface area contributed by atoms with Gasteiger partial charge in [0.1, 0.15) is 0 Å². The van der Waals surface area contributed by atoms with E-state index in [0.29, 0.717) is 0 Å². The third-order valence-corrected chi connectivity index (χ3v) is 4.45. The van der Waals surface area contributed by atoms with Crippen molar-refractivity contribution in [1.29, 1.82) is 0 Å². The van der Waals surface area contributed by atoms with Crippen molar-refractivity contribution in [3.8, 4) is 0 Å². The van der Waals surface area contributed by atoms with Crippen LogP contribution in [0.2, 0.25) is 0 Å². The summed E-state index contributed by atoms with van der Waals surface area (Å²) < 4.78 is 5.23. The summed E-state index contributed by atoms with van der Waals surface area (Å²) in [6, 6.07) is -0.825. The van der Waals surface area contributed by atoms with Crippen molar-refractivity contribution in [2.45, 2.75) is 37.4 Å². The number of carboxylic acid groups (broad SMARTS) is 1. The number of hydrogen-bond acceptors (Lipinski definition) is 5. The van der Waals surface area contributed by atoms with Crippen LogP contribution in [0.15, 0.2) is 0 Å². The molecule has 3 aliphatic rings. The lowest BCUT2D eigenvalue weighted by Crippen LogP contribution is -2.49. The minimum Gasteiger partial charge on any atom is -0.481 e. The standard InChI is InChI=1S/C13H18N2O5/c1-14(10-6-20-5-8(10)13(18)19)9-4-11(16)15(12(9)17)7-2-3-7/h7-10H,2-6H2,1H3,(H,18,19). The first-order chi connectivity index (χ1) is 9.50. The lowest BCUT2D eigenvalue weighted by Gasteiger charge is -2.30. The van der Waals surface area contributed by atoms with Crippen LogP contribution < -0.4 is 0 Å². The van der Waals surface area contributed by atoms with E-state index in [9.17, 15) is 19.5 Å². The third-order valence-electron chi connectivity index (χ3n) is 4.45. The summed E-state index contributed by atoms with van der Waals surface area (Å²) in [6.45, 7) is 0.445. The molecule has 0 aromatic carbocycles. The number of carbonyl (C=O) groups is 3. The van der Waals surface area contributed by atoms with Crippen LogP contribution in [-0.2, 0) is 19.1 Å². The number of carboxylic acids is 1. The molecular weight excluding hydrogens is 264 g/mol. The Morgan fingerprint density at radius 3 is 2.65 bits per heavy atom. The van der Waals surface area contributed by atoms with Gasteiger partial charge in [-0.15, -0.1) is 0 Å². The summed E-state index contributed by atoms with van der Waals surface area (Å²) in [4.78, 5) is 38.6. The smallest absolute Gasteiger partial charge is 0.310 e. The van der Waals surface area contributed by atoms with Crippen molar-refractivity contribution in [1.82, 2.24) is 9.80 Å². The molecule has 0 aromatic heterocycles. The van der Waals surface area contributed by atoms with Crippen LogP contribution in [0.5, 0.6) is 0 Å². The zero-order valence-electron chi connectivity index (χ0n) is 11.3. The van der Waals surface area contributed by atoms with Gasteiger partial charge in [-0.3, -0.25) is 24.2 Å².